The van der Waals surface area contributed by atoms with Crippen LogP contribution in [0.3, 0.4) is 0 Å². The van der Waals surface area contributed by atoms with Gasteiger partial charge in [0, 0.05) is 0 Å². The zero-order chi connectivity index (χ0) is 15.0. The predicted molar refractivity (Wildman–Crippen MR) is 84.3 cm³/mol. The Morgan fingerprint density at radius 1 is 1.24 bits per heavy atom. The fraction of sp³-hybridized carbons (Fsp3) is 0.200. The number of nitrogen functional groups attached to an aromatic ring is 1. The zero-order valence-electron chi connectivity index (χ0n) is 11.9. The number of hydrogen-bond donors (Lipinski definition) is 1. The fourth-order valence-electron chi connectivity index (χ4n) is 2.23. The minimum absolute atomic E-state index is 0.0951. The van der Waals surface area contributed by atoms with Gasteiger partial charge in [-0.1, -0.05) is 0 Å². The molecule has 0 atom stereocenters. The van der Waals surface area contributed by atoms with E-state index in [9.17, 15) is 0 Å². The molecule has 5 nitrogen and oxygen atoms in total. The van der Waals surface area contributed by atoms with Crippen LogP contribution in [-0.4, -0.2) is 44.7 Å². The SMILES string of the molecule is CC(C)Oc1cc(-c2n[n]([Tl])c3ccc(N)cc23)ccn1. The number of pyridine rings is 1. The van der Waals surface area contributed by atoms with Crippen LogP contribution in [0, 0.1) is 0 Å². The van der Waals surface area contributed by atoms with Gasteiger partial charge in [0.15, 0.2) is 0 Å². The van der Waals surface area contributed by atoms with Gasteiger partial charge in [-0.05, 0) is 0 Å². The molecule has 2 heterocycles. The molecule has 3 rings (SSSR count). The average Bonchev–Trinajstić information content (AvgIpc) is 2.75. The Kier molecular flexibility index (Phi) is 3.83. The van der Waals surface area contributed by atoms with Crippen LogP contribution in [0.25, 0.3) is 22.2 Å². The van der Waals surface area contributed by atoms with Gasteiger partial charge in [0.05, 0.1) is 0 Å². The van der Waals surface area contributed by atoms with Crippen LogP contribution in [0.4, 0.5) is 5.69 Å². The molecule has 0 aliphatic carbocycles. The van der Waals surface area contributed by atoms with Crippen LogP contribution in [0.2, 0.25) is 0 Å². The molecule has 21 heavy (non-hydrogen) atoms. The summed E-state index contributed by atoms with van der Waals surface area (Å²) in [7, 11) is 0. The summed E-state index contributed by atoms with van der Waals surface area (Å²) in [6, 6.07) is 9.78. The molecule has 0 radical (unpaired) electrons. The summed E-state index contributed by atoms with van der Waals surface area (Å²) in [6.07, 6.45) is 1.84. The van der Waals surface area contributed by atoms with Crippen molar-refractivity contribution in [2.75, 3.05) is 5.73 Å². The first-order valence-electron chi connectivity index (χ1n) is 6.71. The molecule has 0 fully saturated rings. The van der Waals surface area contributed by atoms with Crippen molar-refractivity contribution in [2.24, 2.45) is 0 Å². The van der Waals surface area contributed by atoms with Crippen LogP contribution in [0.15, 0.2) is 36.5 Å². The fourth-order valence-corrected chi connectivity index (χ4v) is 3.56. The molecule has 1 aromatic carbocycles. The summed E-state index contributed by atoms with van der Waals surface area (Å²) in [5, 5.41) is 5.74. The molecule has 0 unspecified atom stereocenters. The standard InChI is InChI=1S/C15H15N4O.Tl/c1-9(2)20-14-7-10(5-6-17-14)15-12-8-11(16)3-4-13(12)18-19-15;/h3-9H,16H2,1-2H3;/q-1;+1. The number of nitrogens with zero attached hydrogens (tertiary/aromatic N) is 3. The van der Waals surface area contributed by atoms with Gasteiger partial charge in [0.1, 0.15) is 0 Å². The van der Waals surface area contributed by atoms with Gasteiger partial charge in [0.25, 0.3) is 0 Å². The molecule has 0 spiro atoms. The summed E-state index contributed by atoms with van der Waals surface area (Å²) in [5.74, 6) is 0.616. The van der Waals surface area contributed by atoms with E-state index >= 15 is 0 Å². The van der Waals surface area contributed by atoms with Crippen molar-refractivity contribution < 1.29 is 4.74 Å². The summed E-state index contributed by atoms with van der Waals surface area (Å²) >= 11 is 0.600. The quantitative estimate of drug-likeness (QED) is 0.471. The van der Waals surface area contributed by atoms with Gasteiger partial charge in [-0.15, -0.1) is 0 Å². The number of anilines is 1. The number of aromatic nitrogens is 3. The zero-order valence-corrected chi connectivity index (χ0v) is 16.4. The molecular formula is C15H15N4OTl. The number of benzene rings is 1. The first kappa shape index (κ1) is 14.3. The second-order valence-corrected chi connectivity index (χ2v) is 7.02. The third kappa shape index (κ3) is 2.87. The van der Waals surface area contributed by atoms with Gasteiger partial charge >= 0.3 is 139 Å². The third-order valence-electron chi connectivity index (χ3n) is 3.10. The van der Waals surface area contributed by atoms with E-state index in [1.54, 1.807) is 6.20 Å². The number of rotatable bonds is 3. The average molecular weight is 472 g/mol. The molecule has 2 aromatic heterocycles. The van der Waals surface area contributed by atoms with Crippen LogP contribution >= 0.6 is 0 Å². The summed E-state index contributed by atoms with van der Waals surface area (Å²) in [4.78, 5) is 4.24. The number of ether oxygens (including phenoxy) is 1. The molecule has 0 bridgehead atoms. The van der Waals surface area contributed by atoms with E-state index in [0.717, 1.165) is 27.8 Å². The Bertz CT molecular complexity index is 797. The number of fused-ring (bicyclic) bond motifs is 1. The Labute approximate surface area is 139 Å². The van der Waals surface area contributed by atoms with Crippen LogP contribution < -0.4 is 10.5 Å². The second kappa shape index (κ2) is 5.63. The van der Waals surface area contributed by atoms with Crippen molar-refractivity contribution in [1.29, 1.82) is 0 Å². The molecule has 0 aliphatic rings. The molecule has 0 saturated heterocycles. The van der Waals surface area contributed by atoms with Crippen molar-refractivity contribution in [3.63, 3.8) is 0 Å². The minimum atomic E-state index is 0.0951. The molecule has 0 amide bonds. The van der Waals surface area contributed by atoms with Gasteiger partial charge in [-0.3, -0.25) is 0 Å². The van der Waals surface area contributed by atoms with E-state index in [0.29, 0.717) is 31.9 Å². The molecular weight excluding hydrogens is 457 g/mol. The van der Waals surface area contributed by atoms with E-state index < -0.39 is 0 Å². The van der Waals surface area contributed by atoms with Crippen molar-refractivity contribution in [3.05, 3.63) is 36.5 Å². The summed E-state index contributed by atoms with van der Waals surface area (Å²) in [5.41, 5.74) is 9.70. The monoisotopic (exact) mass is 472 g/mol. The van der Waals surface area contributed by atoms with Crippen molar-refractivity contribution in [1.82, 2.24) is 12.6 Å². The van der Waals surface area contributed by atoms with E-state index in [2.05, 4.69) is 10.1 Å². The van der Waals surface area contributed by atoms with Crippen molar-refractivity contribution >= 4 is 42.7 Å². The molecule has 6 heteroatoms. The topological polar surface area (TPSA) is 66.0 Å². The molecule has 104 valence electrons. The number of nitrogens with two attached hydrogens (primary N) is 1. The van der Waals surface area contributed by atoms with Crippen molar-refractivity contribution in [2.45, 2.75) is 20.0 Å². The first-order valence-corrected chi connectivity index (χ1v) is 8.72. The van der Waals surface area contributed by atoms with Crippen LogP contribution in [0.1, 0.15) is 13.8 Å². The number of hydrogen-bond acceptors (Lipinski definition) is 4. The van der Waals surface area contributed by atoms with E-state index in [1.807, 2.05) is 46.7 Å². The van der Waals surface area contributed by atoms with Gasteiger partial charge in [-0.25, -0.2) is 0 Å². The Morgan fingerprint density at radius 2 is 2.05 bits per heavy atom. The van der Waals surface area contributed by atoms with Gasteiger partial charge < -0.3 is 0 Å². The maximum atomic E-state index is 5.92. The van der Waals surface area contributed by atoms with Crippen molar-refractivity contribution in [3.8, 4) is 17.1 Å². The molecule has 2 N–H and O–H groups in total. The van der Waals surface area contributed by atoms with Gasteiger partial charge in [-0.2, -0.15) is 0 Å². The Balaban J connectivity index is 2.14. The Hall–Kier alpha value is -1.64. The maximum absolute atomic E-state index is 5.92. The Morgan fingerprint density at radius 3 is 2.81 bits per heavy atom. The molecule has 3 aromatic rings. The summed E-state index contributed by atoms with van der Waals surface area (Å²) < 4.78 is 7.68. The molecule has 0 saturated carbocycles. The second-order valence-electron chi connectivity index (χ2n) is 5.12. The summed E-state index contributed by atoms with van der Waals surface area (Å²) in [6.45, 7) is 3.97. The first-order chi connectivity index (χ1) is 10.0. The predicted octanol–water partition coefficient (Wildman–Crippen LogP) is 2.40. The normalized spacial score (nSPS) is 11.1. The van der Waals surface area contributed by atoms with E-state index in [-0.39, 0.29) is 6.10 Å². The van der Waals surface area contributed by atoms with Gasteiger partial charge in [0.2, 0.25) is 0 Å². The van der Waals surface area contributed by atoms with E-state index in [4.69, 9.17) is 10.5 Å². The van der Waals surface area contributed by atoms with E-state index in [1.165, 1.54) is 0 Å². The molecule has 0 aliphatic heterocycles. The van der Waals surface area contributed by atoms with Crippen LogP contribution in [-0.2, 0) is 0 Å². The third-order valence-corrected chi connectivity index (χ3v) is 4.63. The van der Waals surface area contributed by atoms with Crippen LogP contribution in [0.5, 0.6) is 5.88 Å².